The van der Waals surface area contributed by atoms with E-state index in [1.165, 1.54) is 6.07 Å². The molecule has 3 aromatic carbocycles. The van der Waals surface area contributed by atoms with E-state index in [2.05, 4.69) is 0 Å². The predicted molar refractivity (Wildman–Crippen MR) is 137 cm³/mol. The first-order chi connectivity index (χ1) is 17.0. The van der Waals surface area contributed by atoms with E-state index in [0.717, 1.165) is 37.7 Å². The van der Waals surface area contributed by atoms with Gasteiger partial charge in [-0.05, 0) is 92.5 Å². The summed E-state index contributed by atoms with van der Waals surface area (Å²) < 4.78 is 49.8. The fraction of sp³-hybridized carbons (Fsp3) is 0.355. The number of ether oxygens (including phenoxy) is 1. The molecule has 1 aliphatic rings. The van der Waals surface area contributed by atoms with Gasteiger partial charge in [0.1, 0.15) is 11.6 Å². The third-order valence-corrected chi connectivity index (χ3v) is 7.14. The number of allylic oxidation sites excluding steroid dienone is 1. The van der Waals surface area contributed by atoms with E-state index < -0.39 is 11.6 Å². The Kier molecular flexibility index (Phi) is 8.33. The summed E-state index contributed by atoms with van der Waals surface area (Å²) in [6.45, 7) is 4.33. The first-order valence-electron chi connectivity index (χ1n) is 12.6. The van der Waals surface area contributed by atoms with Gasteiger partial charge in [0, 0.05) is 11.6 Å². The highest BCUT2D eigenvalue weighted by Crippen LogP contribution is 2.40. The highest BCUT2D eigenvalue weighted by atomic mass is 19.2. The molecule has 1 nitrogen and oxygen atoms in total. The zero-order valence-electron chi connectivity index (χ0n) is 20.5. The van der Waals surface area contributed by atoms with Crippen LogP contribution in [0.5, 0.6) is 5.75 Å². The Balaban J connectivity index is 1.36. The van der Waals surface area contributed by atoms with Gasteiger partial charge in [0.2, 0.25) is 0 Å². The van der Waals surface area contributed by atoms with Crippen molar-refractivity contribution in [2.45, 2.75) is 58.3 Å². The Labute approximate surface area is 206 Å². The molecule has 0 amide bonds. The van der Waals surface area contributed by atoms with E-state index in [0.29, 0.717) is 46.9 Å². The van der Waals surface area contributed by atoms with Gasteiger partial charge >= 0.3 is 0 Å². The molecule has 35 heavy (non-hydrogen) atoms. The van der Waals surface area contributed by atoms with Gasteiger partial charge in [-0.25, -0.2) is 13.2 Å². The number of benzene rings is 3. The molecule has 0 N–H and O–H groups in total. The molecule has 4 heteroatoms. The molecule has 1 saturated carbocycles. The molecule has 1 fully saturated rings. The monoisotopic (exact) mass is 478 g/mol. The second-order valence-corrected chi connectivity index (χ2v) is 9.39. The Hall–Kier alpha value is -3.01. The van der Waals surface area contributed by atoms with E-state index >= 15 is 8.78 Å². The first-order valence-corrected chi connectivity index (χ1v) is 12.6. The van der Waals surface area contributed by atoms with Crippen molar-refractivity contribution in [1.82, 2.24) is 0 Å². The third-order valence-electron chi connectivity index (χ3n) is 7.14. The summed E-state index contributed by atoms with van der Waals surface area (Å²) in [6, 6.07) is 16.0. The molecular weight excluding hydrogens is 445 g/mol. The summed E-state index contributed by atoms with van der Waals surface area (Å²) in [4.78, 5) is 0. The van der Waals surface area contributed by atoms with Crippen molar-refractivity contribution in [3.63, 3.8) is 0 Å². The van der Waals surface area contributed by atoms with Crippen LogP contribution < -0.4 is 4.74 Å². The van der Waals surface area contributed by atoms with Crippen molar-refractivity contribution in [3.05, 3.63) is 94.8 Å². The van der Waals surface area contributed by atoms with Crippen molar-refractivity contribution in [2.24, 2.45) is 5.92 Å². The maximum atomic E-state index is 15.1. The zero-order valence-corrected chi connectivity index (χ0v) is 20.5. The lowest BCUT2D eigenvalue weighted by Gasteiger charge is -2.29. The summed E-state index contributed by atoms with van der Waals surface area (Å²) in [5.74, 6) is -0.664. The minimum atomic E-state index is -0.769. The molecule has 0 aliphatic heterocycles. The highest BCUT2D eigenvalue weighted by Gasteiger charge is 2.26. The second-order valence-electron chi connectivity index (χ2n) is 9.39. The van der Waals surface area contributed by atoms with Crippen molar-refractivity contribution >= 4 is 6.08 Å². The zero-order chi connectivity index (χ0) is 24.8. The van der Waals surface area contributed by atoms with Gasteiger partial charge in [-0.2, -0.15) is 0 Å². The number of rotatable bonds is 8. The lowest BCUT2D eigenvalue weighted by molar-refractivity contribution is 0.304. The number of hydrogen-bond donors (Lipinski definition) is 0. The van der Waals surface area contributed by atoms with Gasteiger partial charge in [-0.15, -0.1) is 0 Å². The Morgan fingerprint density at radius 3 is 2.29 bits per heavy atom. The molecule has 0 saturated heterocycles. The fourth-order valence-electron chi connectivity index (χ4n) is 5.18. The van der Waals surface area contributed by atoms with Crippen LogP contribution >= 0.6 is 0 Å². The lowest BCUT2D eigenvalue weighted by atomic mass is 9.76. The smallest absolute Gasteiger partial charge is 0.166 e. The molecule has 3 aromatic rings. The average Bonchev–Trinajstić information content (AvgIpc) is 2.87. The minimum Gasteiger partial charge on any atom is -0.494 e. The van der Waals surface area contributed by atoms with Crippen LogP contribution in [0.2, 0.25) is 0 Å². The van der Waals surface area contributed by atoms with E-state index in [4.69, 9.17) is 4.74 Å². The van der Waals surface area contributed by atoms with Crippen molar-refractivity contribution < 1.29 is 17.9 Å². The normalized spacial score (nSPS) is 18.2. The van der Waals surface area contributed by atoms with E-state index in [1.807, 2.05) is 56.3 Å². The fourth-order valence-corrected chi connectivity index (χ4v) is 5.18. The van der Waals surface area contributed by atoms with Crippen LogP contribution in [-0.2, 0) is 6.42 Å². The van der Waals surface area contributed by atoms with Crippen LogP contribution in [0.15, 0.2) is 60.7 Å². The standard InChI is InChI=1S/C31H33F3O/c1-3-5-21-6-11-23(12-7-21)27-18-19-28(31(34)30(27)33)24-13-8-22(9-14-24)10-15-25-16-17-26(35-4-2)20-29(25)32/h3,5-7,11-12,16-20,22,24H,4,8-10,13-15H2,1-2H3/b5-3+. The largest absolute Gasteiger partial charge is 0.494 e. The molecule has 0 unspecified atom stereocenters. The summed E-state index contributed by atoms with van der Waals surface area (Å²) in [5.41, 5.74) is 3.18. The SMILES string of the molecule is C/C=C/c1ccc(-c2ccc(C3CCC(CCc4ccc(OCC)cc4F)CC3)c(F)c2F)cc1. The first kappa shape index (κ1) is 25.1. The molecule has 0 spiro atoms. The third kappa shape index (κ3) is 5.98. The van der Waals surface area contributed by atoms with Gasteiger partial charge < -0.3 is 4.74 Å². The lowest BCUT2D eigenvalue weighted by Crippen LogP contribution is -2.15. The predicted octanol–water partition coefficient (Wildman–Crippen LogP) is 9.11. The molecule has 0 aromatic heterocycles. The second kappa shape index (κ2) is 11.6. The quantitative estimate of drug-likeness (QED) is 0.314. The van der Waals surface area contributed by atoms with Crippen LogP contribution in [0, 0.1) is 23.4 Å². The molecule has 4 rings (SSSR count). The minimum absolute atomic E-state index is 0.0223. The number of halogens is 3. The molecule has 1 aliphatic carbocycles. The van der Waals surface area contributed by atoms with Gasteiger partial charge in [-0.3, -0.25) is 0 Å². The summed E-state index contributed by atoms with van der Waals surface area (Å²) in [5, 5.41) is 0. The van der Waals surface area contributed by atoms with Crippen LogP contribution in [0.25, 0.3) is 17.2 Å². The number of aryl methyl sites for hydroxylation is 1. The average molecular weight is 479 g/mol. The molecule has 184 valence electrons. The highest BCUT2D eigenvalue weighted by molar-refractivity contribution is 5.67. The number of hydrogen-bond acceptors (Lipinski definition) is 1. The summed E-state index contributed by atoms with van der Waals surface area (Å²) in [7, 11) is 0. The Bertz CT molecular complexity index is 1160. The van der Waals surface area contributed by atoms with Gasteiger partial charge in [0.25, 0.3) is 0 Å². The Morgan fingerprint density at radius 1 is 0.886 bits per heavy atom. The summed E-state index contributed by atoms with van der Waals surface area (Å²) in [6.07, 6.45) is 9.02. The van der Waals surface area contributed by atoms with Gasteiger partial charge in [0.15, 0.2) is 11.6 Å². The van der Waals surface area contributed by atoms with Crippen LogP contribution in [0.4, 0.5) is 13.2 Å². The van der Waals surface area contributed by atoms with Crippen molar-refractivity contribution in [1.29, 1.82) is 0 Å². The van der Waals surface area contributed by atoms with Crippen molar-refractivity contribution in [2.75, 3.05) is 6.61 Å². The molecular formula is C31H33F3O. The van der Waals surface area contributed by atoms with Crippen LogP contribution in [-0.4, -0.2) is 6.61 Å². The van der Waals surface area contributed by atoms with E-state index in [9.17, 15) is 4.39 Å². The van der Waals surface area contributed by atoms with Crippen molar-refractivity contribution in [3.8, 4) is 16.9 Å². The van der Waals surface area contributed by atoms with E-state index in [-0.39, 0.29) is 11.7 Å². The van der Waals surface area contributed by atoms with Gasteiger partial charge in [0.05, 0.1) is 6.61 Å². The molecule has 0 bridgehead atoms. The van der Waals surface area contributed by atoms with Crippen LogP contribution in [0.1, 0.15) is 68.6 Å². The maximum absolute atomic E-state index is 15.1. The Morgan fingerprint density at radius 2 is 1.63 bits per heavy atom. The van der Waals surface area contributed by atoms with Gasteiger partial charge in [-0.1, -0.05) is 54.6 Å². The van der Waals surface area contributed by atoms with E-state index in [1.54, 1.807) is 18.2 Å². The summed E-state index contributed by atoms with van der Waals surface area (Å²) >= 11 is 0. The molecule has 0 heterocycles. The molecule has 0 atom stereocenters. The van der Waals surface area contributed by atoms with Crippen LogP contribution in [0.3, 0.4) is 0 Å². The topological polar surface area (TPSA) is 9.23 Å². The maximum Gasteiger partial charge on any atom is 0.166 e. The molecule has 0 radical (unpaired) electrons.